The van der Waals surface area contributed by atoms with Gasteiger partial charge in [-0.2, -0.15) is 0 Å². The van der Waals surface area contributed by atoms with Crippen molar-refractivity contribution in [3.8, 4) is 5.75 Å². The van der Waals surface area contributed by atoms with Crippen LogP contribution in [0.5, 0.6) is 5.75 Å². The maximum Gasteiger partial charge on any atom is 0.226 e. The summed E-state index contributed by atoms with van der Waals surface area (Å²) in [5.41, 5.74) is 2.29. The van der Waals surface area contributed by atoms with Crippen LogP contribution in [0.3, 0.4) is 0 Å². The Labute approximate surface area is 120 Å². The van der Waals surface area contributed by atoms with Crippen molar-refractivity contribution in [3.63, 3.8) is 0 Å². The molecule has 110 valence electrons. The number of benzene rings is 1. The molecule has 0 spiro atoms. The number of carbonyl (C=O) groups excluding carboxylic acids is 1. The summed E-state index contributed by atoms with van der Waals surface area (Å²) in [5, 5.41) is 9.57. The summed E-state index contributed by atoms with van der Waals surface area (Å²) in [7, 11) is 0. The van der Waals surface area contributed by atoms with Crippen LogP contribution in [0, 0.1) is 13.8 Å². The molecular weight excluding hydrogens is 254 g/mol. The average Bonchev–Trinajstić information content (AvgIpc) is 2.41. The third kappa shape index (κ3) is 3.97. The second kappa shape index (κ2) is 6.75. The monoisotopic (exact) mass is 277 g/mol. The number of hydrogen-bond acceptors (Lipinski definition) is 3. The summed E-state index contributed by atoms with van der Waals surface area (Å²) < 4.78 is 5.67. The van der Waals surface area contributed by atoms with E-state index in [1.165, 1.54) is 5.56 Å². The Kier molecular flexibility index (Phi) is 5.01. The lowest BCUT2D eigenvalue weighted by molar-refractivity contribution is -0.134. The number of piperidine rings is 1. The predicted octanol–water partition coefficient (Wildman–Crippen LogP) is 2.06. The molecule has 4 heteroatoms. The van der Waals surface area contributed by atoms with Crippen molar-refractivity contribution in [2.45, 2.75) is 39.2 Å². The van der Waals surface area contributed by atoms with Gasteiger partial charge in [0, 0.05) is 13.1 Å². The van der Waals surface area contributed by atoms with Crippen LogP contribution in [0.4, 0.5) is 0 Å². The van der Waals surface area contributed by atoms with Gasteiger partial charge in [0.2, 0.25) is 5.91 Å². The Morgan fingerprint density at radius 3 is 2.95 bits per heavy atom. The zero-order valence-corrected chi connectivity index (χ0v) is 12.3. The van der Waals surface area contributed by atoms with Gasteiger partial charge >= 0.3 is 0 Å². The van der Waals surface area contributed by atoms with Crippen LogP contribution < -0.4 is 4.74 Å². The third-order valence-electron chi connectivity index (χ3n) is 3.65. The van der Waals surface area contributed by atoms with E-state index in [-0.39, 0.29) is 12.0 Å². The van der Waals surface area contributed by atoms with E-state index in [0.717, 1.165) is 30.7 Å². The van der Waals surface area contributed by atoms with E-state index in [9.17, 15) is 9.90 Å². The number of aliphatic hydroxyl groups excluding tert-OH is 1. The summed E-state index contributed by atoms with van der Waals surface area (Å²) in [6.45, 7) is 5.64. The topological polar surface area (TPSA) is 49.8 Å². The molecule has 0 saturated carbocycles. The standard InChI is InChI=1S/C16H23NO3/c1-12-5-6-15(13(2)10-12)20-9-7-16(19)17-8-3-4-14(18)11-17/h5-6,10,14,18H,3-4,7-9,11H2,1-2H3. The molecule has 0 aliphatic carbocycles. The highest BCUT2D eigenvalue weighted by Gasteiger charge is 2.21. The van der Waals surface area contributed by atoms with Crippen molar-refractivity contribution in [1.29, 1.82) is 0 Å². The Hall–Kier alpha value is -1.55. The van der Waals surface area contributed by atoms with Crippen molar-refractivity contribution in [3.05, 3.63) is 29.3 Å². The van der Waals surface area contributed by atoms with Crippen LogP contribution in [0.25, 0.3) is 0 Å². The first-order chi connectivity index (χ1) is 9.56. The number of nitrogens with zero attached hydrogens (tertiary/aromatic N) is 1. The maximum absolute atomic E-state index is 12.0. The van der Waals surface area contributed by atoms with Crippen molar-refractivity contribution >= 4 is 5.91 Å². The van der Waals surface area contributed by atoms with Gasteiger partial charge in [-0.15, -0.1) is 0 Å². The van der Waals surface area contributed by atoms with Crippen molar-refractivity contribution < 1.29 is 14.6 Å². The smallest absolute Gasteiger partial charge is 0.226 e. The zero-order valence-electron chi connectivity index (χ0n) is 12.3. The van der Waals surface area contributed by atoms with E-state index in [2.05, 4.69) is 6.07 Å². The third-order valence-corrected chi connectivity index (χ3v) is 3.65. The lowest BCUT2D eigenvalue weighted by Crippen LogP contribution is -2.42. The number of likely N-dealkylation sites (tertiary alicyclic amines) is 1. The molecule has 1 saturated heterocycles. The molecule has 2 rings (SSSR count). The summed E-state index contributed by atoms with van der Waals surface area (Å²) in [5.74, 6) is 0.899. The van der Waals surface area contributed by atoms with Crippen molar-refractivity contribution in [2.24, 2.45) is 0 Å². The number of aliphatic hydroxyl groups is 1. The summed E-state index contributed by atoms with van der Waals surface area (Å²) in [4.78, 5) is 13.7. The largest absolute Gasteiger partial charge is 0.493 e. The average molecular weight is 277 g/mol. The number of hydrogen-bond donors (Lipinski definition) is 1. The number of rotatable bonds is 4. The van der Waals surface area contributed by atoms with E-state index in [1.807, 2.05) is 26.0 Å². The van der Waals surface area contributed by atoms with Crippen LogP contribution in [0.2, 0.25) is 0 Å². The van der Waals surface area contributed by atoms with Crippen LogP contribution in [-0.2, 0) is 4.79 Å². The number of carbonyl (C=O) groups is 1. The molecule has 4 nitrogen and oxygen atoms in total. The fraction of sp³-hybridized carbons (Fsp3) is 0.562. The maximum atomic E-state index is 12.0. The lowest BCUT2D eigenvalue weighted by atomic mass is 10.1. The number of amides is 1. The Bertz CT molecular complexity index is 473. The number of β-amino-alcohol motifs (C(OH)–C–C–N with tert-alkyl or cyclic N) is 1. The zero-order chi connectivity index (χ0) is 14.5. The lowest BCUT2D eigenvalue weighted by Gasteiger charge is -2.30. The molecule has 0 aromatic heterocycles. The minimum absolute atomic E-state index is 0.0634. The van der Waals surface area contributed by atoms with Gasteiger partial charge in [0.1, 0.15) is 5.75 Å². The molecule has 1 unspecified atom stereocenters. The number of aryl methyl sites for hydroxylation is 2. The summed E-state index contributed by atoms with van der Waals surface area (Å²) in [6, 6.07) is 6.02. The second-order valence-corrected chi connectivity index (χ2v) is 5.50. The normalized spacial score (nSPS) is 18.9. The number of ether oxygens (including phenoxy) is 1. The summed E-state index contributed by atoms with van der Waals surface area (Å²) in [6.07, 6.45) is 1.67. The molecular formula is C16H23NO3. The first kappa shape index (κ1) is 14.9. The first-order valence-corrected chi connectivity index (χ1v) is 7.22. The molecule has 1 aliphatic rings. The van der Waals surface area contributed by atoms with E-state index in [1.54, 1.807) is 4.90 Å². The van der Waals surface area contributed by atoms with Gasteiger partial charge in [0.15, 0.2) is 0 Å². The molecule has 1 atom stereocenters. The van der Waals surface area contributed by atoms with Crippen LogP contribution in [-0.4, -0.2) is 41.7 Å². The van der Waals surface area contributed by atoms with Gasteiger partial charge < -0.3 is 14.7 Å². The Morgan fingerprint density at radius 2 is 2.25 bits per heavy atom. The molecule has 1 heterocycles. The second-order valence-electron chi connectivity index (χ2n) is 5.50. The molecule has 0 radical (unpaired) electrons. The van der Waals surface area contributed by atoms with E-state index in [4.69, 9.17) is 4.74 Å². The molecule has 1 N–H and O–H groups in total. The highest BCUT2D eigenvalue weighted by Crippen LogP contribution is 2.19. The van der Waals surface area contributed by atoms with Gasteiger partial charge in [0.05, 0.1) is 19.1 Å². The molecule has 1 aliphatic heterocycles. The minimum Gasteiger partial charge on any atom is -0.493 e. The molecule has 1 fully saturated rings. The van der Waals surface area contributed by atoms with Crippen LogP contribution in [0.1, 0.15) is 30.4 Å². The van der Waals surface area contributed by atoms with Crippen LogP contribution >= 0.6 is 0 Å². The quantitative estimate of drug-likeness (QED) is 0.916. The molecule has 1 aromatic carbocycles. The van der Waals surface area contributed by atoms with E-state index >= 15 is 0 Å². The van der Waals surface area contributed by atoms with Gasteiger partial charge in [-0.1, -0.05) is 17.7 Å². The van der Waals surface area contributed by atoms with E-state index < -0.39 is 0 Å². The molecule has 20 heavy (non-hydrogen) atoms. The molecule has 1 aromatic rings. The molecule has 1 amide bonds. The van der Waals surface area contributed by atoms with Gasteiger partial charge in [0.25, 0.3) is 0 Å². The van der Waals surface area contributed by atoms with Crippen molar-refractivity contribution in [1.82, 2.24) is 4.90 Å². The van der Waals surface area contributed by atoms with Crippen molar-refractivity contribution in [2.75, 3.05) is 19.7 Å². The highest BCUT2D eigenvalue weighted by molar-refractivity contribution is 5.76. The van der Waals surface area contributed by atoms with Crippen LogP contribution in [0.15, 0.2) is 18.2 Å². The fourth-order valence-corrected chi connectivity index (χ4v) is 2.55. The SMILES string of the molecule is Cc1ccc(OCCC(=O)N2CCCC(O)C2)c(C)c1. The van der Waals surface area contributed by atoms with Gasteiger partial charge in [-0.3, -0.25) is 4.79 Å². The Balaban J connectivity index is 1.79. The fourth-order valence-electron chi connectivity index (χ4n) is 2.55. The van der Waals surface area contributed by atoms with E-state index in [0.29, 0.717) is 19.6 Å². The highest BCUT2D eigenvalue weighted by atomic mass is 16.5. The van der Waals surface area contributed by atoms with Gasteiger partial charge in [-0.05, 0) is 38.3 Å². The Morgan fingerprint density at radius 1 is 1.45 bits per heavy atom. The van der Waals surface area contributed by atoms with Gasteiger partial charge in [-0.25, -0.2) is 0 Å². The minimum atomic E-state index is -0.368. The molecule has 0 bridgehead atoms. The first-order valence-electron chi connectivity index (χ1n) is 7.22. The predicted molar refractivity (Wildman–Crippen MR) is 77.8 cm³/mol. The summed E-state index contributed by atoms with van der Waals surface area (Å²) >= 11 is 0.